The van der Waals surface area contributed by atoms with Gasteiger partial charge in [-0.3, -0.25) is 4.98 Å². The highest BCUT2D eigenvalue weighted by Gasteiger charge is 2.21. The molecule has 1 N–H and O–H groups in total. The molecule has 3 aromatic rings. The van der Waals surface area contributed by atoms with Crippen LogP contribution in [0, 0.1) is 0 Å². The molecule has 0 aliphatic heterocycles. The molecule has 3 heterocycles. The van der Waals surface area contributed by atoms with Gasteiger partial charge in [0.05, 0.1) is 17.6 Å². The first-order chi connectivity index (χ1) is 14.2. The van der Waals surface area contributed by atoms with Gasteiger partial charge in [0.15, 0.2) is 14.9 Å². The second-order valence-electron chi connectivity index (χ2n) is 7.42. The van der Waals surface area contributed by atoms with E-state index < -0.39 is 9.84 Å². The minimum atomic E-state index is -3.36. The molecule has 0 amide bonds. The number of nitrogens with one attached hydrogen (secondary N) is 1. The summed E-state index contributed by atoms with van der Waals surface area (Å²) in [7, 11) is -3.36. The summed E-state index contributed by atoms with van der Waals surface area (Å²) in [6.07, 6.45) is 6.34. The largest absolute Gasteiger partial charge is 0.336 e. The Morgan fingerprint density at radius 1 is 1.30 bits per heavy atom. The molecule has 3 aromatic heterocycles. The zero-order valence-corrected chi connectivity index (χ0v) is 18.6. The summed E-state index contributed by atoms with van der Waals surface area (Å²) < 4.78 is 39.8. The summed E-state index contributed by atoms with van der Waals surface area (Å²) in [5.74, 6) is -0.173. The van der Waals surface area contributed by atoms with E-state index in [1.807, 2.05) is 16.7 Å². The number of pyridine rings is 2. The van der Waals surface area contributed by atoms with Crippen LogP contribution >= 0.6 is 11.8 Å². The van der Waals surface area contributed by atoms with Crippen molar-refractivity contribution < 1.29 is 12.8 Å². The molecule has 160 valence electrons. The molecule has 6 nitrogen and oxygen atoms in total. The van der Waals surface area contributed by atoms with Gasteiger partial charge in [0.25, 0.3) is 0 Å². The fourth-order valence-corrected chi connectivity index (χ4v) is 4.21. The van der Waals surface area contributed by atoms with Crippen molar-refractivity contribution in [3.05, 3.63) is 65.4 Å². The number of rotatable bonds is 8. The highest BCUT2D eigenvalue weighted by Crippen LogP contribution is 2.32. The Morgan fingerprint density at radius 3 is 2.67 bits per heavy atom. The number of sulfone groups is 1. The molecule has 0 atom stereocenters. The SMILES string of the molecule is CC(C)c1c(Cc2ccc(S(C)(=O)=O)nc2)c2ncccc2n1C/C(F)=C/CNCl. The van der Waals surface area contributed by atoms with Crippen LogP contribution in [0.2, 0.25) is 0 Å². The van der Waals surface area contributed by atoms with Gasteiger partial charge in [-0.2, -0.15) is 0 Å². The lowest BCUT2D eigenvalue weighted by Crippen LogP contribution is -2.08. The molecule has 0 radical (unpaired) electrons. The van der Waals surface area contributed by atoms with Crippen LogP contribution in [-0.2, 0) is 22.8 Å². The van der Waals surface area contributed by atoms with E-state index in [0.29, 0.717) is 6.42 Å². The number of hydrogen-bond donors (Lipinski definition) is 1. The van der Waals surface area contributed by atoms with Crippen molar-refractivity contribution in [2.24, 2.45) is 0 Å². The molecule has 0 unspecified atom stereocenters. The zero-order chi connectivity index (χ0) is 21.9. The monoisotopic (exact) mass is 450 g/mol. The van der Waals surface area contributed by atoms with Crippen LogP contribution < -0.4 is 4.84 Å². The number of nitrogens with zero attached hydrogens (tertiary/aromatic N) is 3. The summed E-state index contributed by atoms with van der Waals surface area (Å²) in [6.45, 7) is 4.43. The molecule has 0 bridgehead atoms. The molecular formula is C21H24ClFN4O2S. The average molecular weight is 451 g/mol. The van der Waals surface area contributed by atoms with Crippen molar-refractivity contribution in [3.63, 3.8) is 0 Å². The topological polar surface area (TPSA) is 76.9 Å². The first-order valence-electron chi connectivity index (χ1n) is 9.51. The van der Waals surface area contributed by atoms with Crippen molar-refractivity contribution in [2.75, 3.05) is 12.8 Å². The second-order valence-corrected chi connectivity index (χ2v) is 9.65. The highest BCUT2D eigenvalue weighted by molar-refractivity contribution is 7.90. The summed E-state index contributed by atoms with van der Waals surface area (Å²) in [5, 5.41) is 0.0380. The van der Waals surface area contributed by atoms with Crippen LogP contribution in [0.5, 0.6) is 0 Å². The quantitative estimate of drug-likeness (QED) is 0.522. The van der Waals surface area contributed by atoms with E-state index in [-0.39, 0.29) is 29.9 Å². The summed E-state index contributed by atoms with van der Waals surface area (Å²) in [6, 6.07) is 7.02. The maximum absolute atomic E-state index is 14.5. The van der Waals surface area contributed by atoms with E-state index in [1.54, 1.807) is 18.5 Å². The van der Waals surface area contributed by atoms with Crippen molar-refractivity contribution in [1.82, 2.24) is 19.4 Å². The average Bonchev–Trinajstić information content (AvgIpc) is 3.00. The fourth-order valence-electron chi connectivity index (χ4n) is 3.57. The van der Waals surface area contributed by atoms with Crippen LogP contribution in [0.25, 0.3) is 11.0 Å². The lowest BCUT2D eigenvalue weighted by molar-refractivity contribution is 0.544. The Hall–Kier alpha value is -2.29. The van der Waals surface area contributed by atoms with Crippen LogP contribution in [0.3, 0.4) is 0 Å². The highest BCUT2D eigenvalue weighted by atomic mass is 35.5. The Balaban J connectivity index is 2.09. The third-order valence-corrected chi connectivity index (χ3v) is 5.93. The standard InChI is InChI=1S/C21H24ClFN4O2S/c1-14(2)21-17(11-15-6-7-19(25-12-15)30(3,28)29)20-18(5-4-9-24-20)27(21)13-16(23)8-10-26-22/h4-9,12,14,26H,10-11,13H2,1-3H3/b16-8-. The molecule has 0 spiro atoms. The Morgan fingerprint density at radius 2 is 2.07 bits per heavy atom. The number of aromatic nitrogens is 3. The van der Waals surface area contributed by atoms with E-state index in [1.165, 1.54) is 12.1 Å². The van der Waals surface area contributed by atoms with Crippen LogP contribution in [0.4, 0.5) is 4.39 Å². The van der Waals surface area contributed by atoms with E-state index >= 15 is 0 Å². The number of fused-ring (bicyclic) bond motifs is 1. The van der Waals surface area contributed by atoms with E-state index in [4.69, 9.17) is 11.8 Å². The molecule has 0 aliphatic carbocycles. The Kier molecular flexibility index (Phi) is 6.90. The van der Waals surface area contributed by atoms with Crippen molar-refractivity contribution in [1.29, 1.82) is 0 Å². The fraction of sp³-hybridized carbons (Fsp3) is 0.333. The van der Waals surface area contributed by atoms with Crippen LogP contribution in [0.1, 0.15) is 36.6 Å². The van der Waals surface area contributed by atoms with Crippen molar-refractivity contribution in [2.45, 2.75) is 37.8 Å². The van der Waals surface area contributed by atoms with Gasteiger partial charge in [-0.05, 0) is 47.5 Å². The smallest absolute Gasteiger partial charge is 0.192 e. The van der Waals surface area contributed by atoms with E-state index in [9.17, 15) is 12.8 Å². The normalized spacial score (nSPS) is 12.8. The van der Waals surface area contributed by atoms with Gasteiger partial charge >= 0.3 is 0 Å². The van der Waals surface area contributed by atoms with Crippen molar-refractivity contribution >= 4 is 32.6 Å². The first kappa shape index (κ1) is 22.4. The van der Waals surface area contributed by atoms with Gasteiger partial charge < -0.3 is 4.57 Å². The minimum absolute atomic E-state index is 0.0380. The lowest BCUT2D eigenvalue weighted by atomic mass is 9.99. The molecule has 0 saturated heterocycles. The summed E-state index contributed by atoms with van der Waals surface area (Å²) >= 11 is 5.44. The van der Waals surface area contributed by atoms with Crippen LogP contribution in [-0.4, -0.2) is 35.8 Å². The maximum Gasteiger partial charge on any atom is 0.192 e. The van der Waals surface area contributed by atoms with Gasteiger partial charge in [0.2, 0.25) is 0 Å². The molecule has 30 heavy (non-hydrogen) atoms. The van der Waals surface area contributed by atoms with Gasteiger partial charge in [-0.15, -0.1) is 0 Å². The second kappa shape index (κ2) is 9.24. The van der Waals surface area contributed by atoms with Crippen molar-refractivity contribution in [3.8, 4) is 0 Å². The molecule has 0 aromatic carbocycles. The Labute approximate surface area is 180 Å². The van der Waals surface area contributed by atoms with Gasteiger partial charge in [0.1, 0.15) is 5.83 Å². The van der Waals surface area contributed by atoms with Crippen LogP contribution in [0.15, 0.2) is 53.6 Å². The number of hydrogen-bond acceptors (Lipinski definition) is 5. The molecule has 9 heteroatoms. The van der Waals surface area contributed by atoms with E-state index in [2.05, 4.69) is 28.7 Å². The van der Waals surface area contributed by atoms with E-state index in [0.717, 1.165) is 34.1 Å². The molecule has 0 fully saturated rings. The summed E-state index contributed by atoms with van der Waals surface area (Å²) in [5.41, 5.74) is 4.48. The lowest BCUT2D eigenvalue weighted by Gasteiger charge is -2.15. The third-order valence-electron chi connectivity index (χ3n) is 4.78. The molecule has 0 aliphatic rings. The predicted molar refractivity (Wildman–Crippen MR) is 117 cm³/mol. The minimum Gasteiger partial charge on any atom is -0.336 e. The zero-order valence-electron chi connectivity index (χ0n) is 17.1. The van der Waals surface area contributed by atoms with Gasteiger partial charge in [-0.25, -0.2) is 22.6 Å². The maximum atomic E-state index is 14.5. The number of allylic oxidation sites excluding steroid dienone is 1. The third kappa shape index (κ3) is 4.88. The number of halogens is 2. The van der Waals surface area contributed by atoms with Gasteiger partial charge in [-0.1, -0.05) is 19.9 Å². The first-order valence-corrected chi connectivity index (χ1v) is 11.8. The predicted octanol–water partition coefficient (Wildman–Crippen LogP) is 4.15. The molecule has 0 saturated carbocycles. The summed E-state index contributed by atoms with van der Waals surface area (Å²) in [4.78, 5) is 11.0. The Bertz CT molecular complexity index is 1170. The van der Waals surface area contributed by atoms with Gasteiger partial charge in [0, 0.05) is 42.9 Å². The molecular weight excluding hydrogens is 427 g/mol. The molecule has 3 rings (SSSR count).